The van der Waals surface area contributed by atoms with Gasteiger partial charge in [0.1, 0.15) is 0 Å². The molecule has 1 heterocycles. The predicted octanol–water partition coefficient (Wildman–Crippen LogP) is 2.45. The van der Waals surface area contributed by atoms with E-state index in [4.69, 9.17) is 4.74 Å². The monoisotopic (exact) mass is 227 g/mol. The minimum absolute atomic E-state index is 0.0607. The Bertz CT molecular complexity index is 218. The number of hydrogen-bond donors (Lipinski definition) is 0. The van der Waals surface area contributed by atoms with E-state index in [-0.39, 0.29) is 5.97 Å². The van der Waals surface area contributed by atoms with Crippen LogP contribution in [0.4, 0.5) is 0 Å². The molecule has 2 unspecified atom stereocenters. The van der Waals surface area contributed by atoms with Crippen molar-refractivity contribution >= 4 is 5.97 Å². The molecule has 0 aromatic heterocycles. The van der Waals surface area contributed by atoms with Crippen molar-refractivity contribution in [3.05, 3.63) is 0 Å². The molecule has 0 N–H and O–H groups in total. The van der Waals surface area contributed by atoms with Gasteiger partial charge in [-0.1, -0.05) is 20.3 Å². The summed E-state index contributed by atoms with van der Waals surface area (Å²) in [5.41, 5.74) is 0. The standard InChI is InChI=1S/C13H25NO2/c1-4-5-9-16-13(15)10-14-8-6-7-11(2)12(14)3/h11-12H,4-10H2,1-3H3. The topological polar surface area (TPSA) is 29.5 Å². The molecular weight excluding hydrogens is 202 g/mol. The molecule has 0 aromatic rings. The molecular formula is C13H25NO2. The maximum atomic E-state index is 11.6. The van der Waals surface area contributed by atoms with Crippen LogP contribution >= 0.6 is 0 Å². The van der Waals surface area contributed by atoms with Gasteiger partial charge in [-0.3, -0.25) is 9.69 Å². The zero-order valence-corrected chi connectivity index (χ0v) is 10.9. The van der Waals surface area contributed by atoms with Gasteiger partial charge in [0.25, 0.3) is 0 Å². The first-order valence-corrected chi connectivity index (χ1v) is 6.54. The van der Waals surface area contributed by atoms with Gasteiger partial charge in [0.05, 0.1) is 13.2 Å². The van der Waals surface area contributed by atoms with E-state index < -0.39 is 0 Å². The molecule has 0 saturated carbocycles. The molecule has 0 amide bonds. The number of carbonyl (C=O) groups is 1. The first-order chi connectivity index (χ1) is 7.65. The van der Waals surface area contributed by atoms with E-state index in [0.29, 0.717) is 25.1 Å². The number of ether oxygens (including phenoxy) is 1. The summed E-state index contributed by atoms with van der Waals surface area (Å²) >= 11 is 0. The lowest BCUT2D eigenvalue weighted by atomic mass is 9.92. The SMILES string of the molecule is CCCCOC(=O)CN1CCCC(C)C1C. The zero-order valence-electron chi connectivity index (χ0n) is 10.9. The zero-order chi connectivity index (χ0) is 12.0. The highest BCUT2D eigenvalue weighted by atomic mass is 16.5. The van der Waals surface area contributed by atoms with Gasteiger partial charge in [0.15, 0.2) is 0 Å². The van der Waals surface area contributed by atoms with Crippen molar-refractivity contribution in [1.29, 1.82) is 0 Å². The van der Waals surface area contributed by atoms with Crippen LogP contribution in [-0.4, -0.2) is 36.6 Å². The normalized spacial score (nSPS) is 26.7. The third-order valence-corrected chi connectivity index (χ3v) is 3.60. The van der Waals surface area contributed by atoms with Crippen LogP contribution in [0.2, 0.25) is 0 Å². The number of esters is 1. The minimum Gasteiger partial charge on any atom is -0.465 e. The number of carbonyl (C=O) groups excluding carboxylic acids is 1. The molecule has 1 rings (SSSR count). The third kappa shape index (κ3) is 4.12. The molecule has 3 heteroatoms. The highest BCUT2D eigenvalue weighted by Gasteiger charge is 2.26. The maximum Gasteiger partial charge on any atom is 0.320 e. The Morgan fingerprint density at radius 3 is 2.88 bits per heavy atom. The molecule has 2 atom stereocenters. The fourth-order valence-corrected chi connectivity index (χ4v) is 2.19. The molecule has 1 aliphatic rings. The summed E-state index contributed by atoms with van der Waals surface area (Å²) in [6, 6.07) is 0.507. The van der Waals surface area contributed by atoms with Gasteiger partial charge in [0, 0.05) is 6.04 Å². The Hall–Kier alpha value is -0.570. The Labute approximate surface area is 99.1 Å². The second-order valence-corrected chi connectivity index (χ2v) is 4.90. The molecule has 1 aliphatic heterocycles. The number of likely N-dealkylation sites (tertiary alicyclic amines) is 1. The highest BCUT2D eigenvalue weighted by molar-refractivity contribution is 5.71. The number of hydrogen-bond acceptors (Lipinski definition) is 3. The summed E-state index contributed by atoms with van der Waals surface area (Å²) in [6.07, 6.45) is 4.53. The fourth-order valence-electron chi connectivity index (χ4n) is 2.19. The van der Waals surface area contributed by atoms with E-state index in [1.165, 1.54) is 12.8 Å². The number of unbranched alkanes of at least 4 members (excludes halogenated alkanes) is 1. The second-order valence-electron chi connectivity index (χ2n) is 4.90. The third-order valence-electron chi connectivity index (χ3n) is 3.60. The lowest BCUT2D eigenvalue weighted by Gasteiger charge is -2.37. The average Bonchev–Trinajstić information content (AvgIpc) is 2.25. The van der Waals surface area contributed by atoms with E-state index in [2.05, 4.69) is 25.7 Å². The lowest BCUT2D eigenvalue weighted by molar-refractivity contribution is -0.146. The van der Waals surface area contributed by atoms with E-state index >= 15 is 0 Å². The second kappa shape index (κ2) is 6.89. The van der Waals surface area contributed by atoms with Crippen LogP contribution in [0, 0.1) is 5.92 Å². The van der Waals surface area contributed by atoms with E-state index in [1.807, 2.05) is 0 Å². The summed E-state index contributed by atoms with van der Waals surface area (Å²) in [6.45, 7) is 8.65. The molecule has 1 fully saturated rings. The molecule has 16 heavy (non-hydrogen) atoms. The van der Waals surface area contributed by atoms with Crippen LogP contribution in [0.25, 0.3) is 0 Å². The van der Waals surface area contributed by atoms with Crippen molar-refractivity contribution in [2.75, 3.05) is 19.7 Å². The van der Waals surface area contributed by atoms with E-state index in [1.54, 1.807) is 0 Å². The van der Waals surface area contributed by atoms with Crippen LogP contribution < -0.4 is 0 Å². The summed E-state index contributed by atoms with van der Waals surface area (Å²) in [7, 11) is 0. The molecule has 3 nitrogen and oxygen atoms in total. The molecule has 0 aliphatic carbocycles. The Morgan fingerprint density at radius 1 is 1.44 bits per heavy atom. The number of rotatable bonds is 5. The van der Waals surface area contributed by atoms with Gasteiger partial charge in [-0.2, -0.15) is 0 Å². The molecule has 0 bridgehead atoms. The highest BCUT2D eigenvalue weighted by Crippen LogP contribution is 2.22. The number of nitrogens with zero attached hydrogens (tertiary/aromatic N) is 1. The first kappa shape index (κ1) is 13.5. The van der Waals surface area contributed by atoms with Gasteiger partial charge in [-0.25, -0.2) is 0 Å². The number of piperidine rings is 1. The first-order valence-electron chi connectivity index (χ1n) is 6.54. The quantitative estimate of drug-likeness (QED) is 0.534. The molecule has 0 spiro atoms. The molecule has 0 radical (unpaired) electrons. The average molecular weight is 227 g/mol. The summed E-state index contributed by atoms with van der Waals surface area (Å²) in [4.78, 5) is 13.8. The van der Waals surface area contributed by atoms with Crippen LogP contribution in [0.1, 0.15) is 46.5 Å². The van der Waals surface area contributed by atoms with Crippen LogP contribution in [0.3, 0.4) is 0 Å². The molecule has 94 valence electrons. The van der Waals surface area contributed by atoms with Crippen molar-refractivity contribution in [1.82, 2.24) is 4.90 Å². The van der Waals surface area contributed by atoms with Crippen molar-refractivity contribution in [2.45, 2.75) is 52.5 Å². The van der Waals surface area contributed by atoms with Crippen molar-refractivity contribution in [2.24, 2.45) is 5.92 Å². The lowest BCUT2D eigenvalue weighted by Crippen LogP contribution is -2.45. The van der Waals surface area contributed by atoms with E-state index in [0.717, 1.165) is 19.4 Å². The van der Waals surface area contributed by atoms with E-state index in [9.17, 15) is 4.79 Å². The fraction of sp³-hybridized carbons (Fsp3) is 0.923. The van der Waals surface area contributed by atoms with Gasteiger partial charge >= 0.3 is 5.97 Å². The van der Waals surface area contributed by atoms with Crippen molar-refractivity contribution in [3.63, 3.8) is 0 Å². The Kier molecular flexibility index (Phi) is 5.81. The smallest absolute Gasteiger partial charge is 0.320 e. The van der Waals surface area contributed by atoms with Crippen LogP contribution in [-0.2, 0) is 9.53 Å². The maximum absolute atomic E-state index is 11.6. The van der Waals surface area contributed by atoms with Crippen LogP contribution in [0.15, 0.2) is 0 Å². The Morgan fingerprint density at radius 2 is 2.19 bits per heavy atom. The molecule has 0 aromatic carbocycles. The van der Waals surface area contributed by atoms with Crippen molar-refractivity contribution < 1.29 is 9.53 Å². The van der Waals surface area contributed by atoms with Crippen LogP contribution in [0.5, 0.6) is 0 Å². The predicted molar refractivity (Wildman–Crippen MR) is 65.3 cm³/mol. The minimum atomic E-state index is -0.0607. The summed E-state index contributed by atoms with van der Waals surface area (Å²) < 4.78 is 5.19. The molecule has 1 saturated heterocycles. The van der Waals surface area contributed by atoms with Gasteiger partial charge in [-0.15, -0.1) is 0 Å². The van der Waals surface area contributed by atoms with Gasteiger partial charge in [-0.05, 0) is 38.6 Å². The largest absolute Gasteiger partial charge is 0.465 e. The van der Waals surface area contributed by atoms with Gasteiger partial charge < -0.3 is 4.74 Å². The van der Waals surface area contributed by atoms with Gasteiger partial charge in [0.2, 0.25) is 0 Å². The Balaban J connectivity index is 2.26. The summed E-state index contributed by atoms with van der Waals surface area (Å²) in [5.74, 6) is 0.631. The van der Waals surface area contributed by atoms with Crippen molar-refractivity contribution in [3.8, 4) is 0 Å². The summed E-state index contributed by atoms with van der Waals surface area (Å²) in [5, 5.41) is 0.